The lowest BCUT2D eigenvalue weighted by atomic mass is 10.0. The van der Waals surface area contributed by atoms with Crippen LogP contribution in [0.4, 0.5) is 0 Å². The van der Waals surface area contributed by atoms with Gasteiger partial charge in [-0.3, -0.25) is 4.90 Å². The van der Waals surface area contributed by atoms with Crippen LogP contribution in [0.2, 0.25) is 0 Å². The summed E-state index contributed by atoms with van der Waals surface area (Å²) < 4.78 is 10.6. The highest BCUT2D eigenvalue weighted by molar-refractivity contribution is 5.77. The molecule has 1 aromatic rings. The maximum absolute atomic E-state index is 6.09. The van der Waals surface area contributed by atoms with Crippen molar-refractivity contribution in [3.63, 3.8) is 0 Å². The number of nitrogens with one attached hydrogen (secondary N) is 1. The van der Waals surface area contributed by atoms with E-state index in [1.807, 2.05) is 18.2 Å². The molecule has 0 aromatic heterocycles. The maximum atomic E-state index is 6.09. The summed E-state index contributed by atoms with van der Waals surface area (Å²) in [5.74, 6) is 2.59. The Kier molecular flexibility index (Phi) is 8.04. The SMILES string of the molecule is COc1ccc(CN=C(N)NCC(CC(C)C)N2CCCC2)cc1OC. The van der Waals surface area contributed by atoms with Crippen molar-refractivity contribution in [1.82, 2.24) is 10.2 Å². The normalized spacial score (nSPS) is 16.7. The molecule has 1 unspecified atom stereocenters. The largest absolute Gasteiger partial charge is 0.493 e. The van der Waals surface area contributed by atoms with Gasteiger partial charge in [0.2, 0.25) is 0 Å². The van der Waals surface area contributed by atoms with E-state index in [4.69, 9.17) is 15.2 Å². The predicted octanol–water partition coefficient (Wildman–Crippen LogP) is 2.62. The van der Waals surface area contributed by atoms with Crippen LogP contribution in [0.5, 0.6) is 11.5 Å². The van der Waals surface area contributed by atoms with E-state index < -0.39 is 0 Å². The molecule has 1 fully saturated rings. The Balaban J connectivity index is 1.90. The highest BCUT2D eigenvalue weighted by atomic mass is 16.5. The van der Waals surface area contributed by atoms with E-state index in [0.29, 0.717) is 36.0 Å². The number of rotatable bonds is 9. The second kappa shape index (κ2) is 10.3. The molecular weight excluding hydrogens is 328 g/mol. The quantitative estimate of drug-likeness (QED) is 0.522. The first-order chi connectivity index (χ1) is 12.5. The minimum atomic E-state index is 0.493. The summed E-state index contributed by atoms with van der Waals surface area (Å²) in [6, 6.07) is 6.32. The molecule has 0 spiro atoms. The van der Waals surface area contributed by atoms with Crippen LogP contribution >= 0.6 is 0 Å². The molecule has 1 aromatic carbocycles. The minimum absolute atomic E-state index is 0.493. The van der Waals surface area contributed by atoms with Gasteiger partial charge in [-0.2, -0.15) is 0 Å². The summed E-state index contributed by atoms with van der Waals surface area (Å²) in [6.07, 6.45) is 3.78. The number of hydrogen-bond donors (Lipinski definition) is 2. The number of likely N-dealkylation sites (tertiary alicyclic amines) is 1. The van der Waals surface area contributed by atoms with Crippen LogP contribution in [-0.2, 0) is 6.54 Å². The number of benzene rings is 1. The average molecular weight is 363 g/mol. The fourth-order valence-corrected chi connectivity index (χ4v) is 3.45. The number of guanidine groups is 1. The Labute approximate surface area is 157 Å². The Morgan fingerprint density at radius 1 is 1.19 bits per heavy atom. The van der Waals surface area contributed by atoms with Gasteiger partial charge in [-0.15, -0.1) is 0 Å². The van der Waals surface area contributed by atoms with Crippen molar-refractivity contribution in [3.05, 3.63) is 23.8 Å². The second-order valence-electron chi connectivity index (χ2n) is 7.30. The number of hydrogen-bond acceptors (Lipinski definition) is 4. The number of aliphatic imine (C=N–C) groups is 1. The smallest absolute Gasteiger partial charge is 0.188 e. The van der Waals surface area contributed by atoms with Gasteiger partial charge in [0.1, 0.15) is 0 Å². The number of nitrogens with zero attached hydrogens (tertiary/aromatic N) is 2. The van der Waals surface area contributed by atoms with Gasteiger partial charge in [0.05, 0.1) is 20.8 Å². The van der Waals surface area contributed by atoms with E-state index in [1.165, 1.54) is 32.4 Å². The van der Waals surface area contributed by atoms with Gasteiger partial charge in [-0.05, 0) is 56.0 Å². The van der Waals surface area contributed by atoms with Crippen molar-refractivity contribution in [2.24, 2.45) is 16.6 Å². The Hall–Kier alpha value is -1.95. The zero-order valence-electron chi connectivity index (χ0n) is 16.6. The summed E-state index contributed by atoms with van der Waals surface area (Å²) in [5.41, 5.74) is 7.12. The van der Waals surface area contributed by atoms with E-state index in [0.717, 1.165) is 12.1 Å². The van der Waals surface area contributed by atoms with Crippen LogP contribution < -0.4 is 20.5 Å². The van der Waals surface area contributed by atoms with Crippen LogP contribution in [0.25, 0.3) is 0 Å². The highest BCUT2D eigenvalue weighted by Gasteiger charge is 2.22. The molecule has 6 heteroatoms. The first-order valence-electron chi connectivity index (χ1n) is 9.52. The fraction of sp³-hybridized carbons (Fsp3) is 0.650. The van der Waals surface area contributed by atoms with E-state index >= 15 is 0 Å². The van der Waals surface area contributed by atoms with E-state index in [9.17, 15) is 0 Å². The van der Waals surface area contributed by atoms with Gasteiger partial charge in [-0.1, -0.05) is 19.9 Å². The van der Waals surface area contributed by atoms with Crippen molar-refractivity contribution in [1.29, 1.82) is 0 Å². The molecule has 1 saturated heterocycles. The predicted molar refractivity (Wildman–Crippen MR) is 107 cm³/mol. The minimum Gasteiger partial charge on any atom is -0.493 e. The maximum Gasteiger partial charge on any atom is 0.188 e. The molecule has 146 valence electrons. The molecule has 6 nitrogen and oxygen atoms in total. The topological polar surface area (TPSA) is 72.1 Å². The molecule has 0 amide bonds. The van der Waals surface area contributed by atoms with Crippen molar-refractivity contribution in [2.45, 2.75) is 45.7 Å². The Morgan fingerprint density at radius 2 is 1.88 bits per heavy atom. The monoisotopic (exact) mass is 362 g/mol. The third-order valence-electron chi connectivity index (χ3n) is 4.80. The van der Waals surface area contributed by atoms with Crippen LogP contribution in [0.1, 0.15) is 38.7 Å². The summed E-state index contributed by atoms with van der Waals surface area (Å²) in [6.45, 7) is 8.30. The lowest BCUT2D eigenvalue weighted by Gasteiger charge is -2.29. The van der Waals surface area contributed by atoms with Crippen LogP contribution in [0.15, 0.2) is 23.2 Å². The number of ether oxygens (including phenoxy) is 2. The average Bonchev–Trinajstić information content (AvgIpc) is 3.17. The first-order valence-corrected chi connectivity index (χ1v) is 9.52. The number of nitrogens with two attached hydrogens (primary N) is 1. The van der Waals surface area contributed by atoms with Crippen molar-refractivity contribution < 1.29 is 9.47 Å². The summed E-state index contributed by atoms with van der Waals surface area (Å²) in [5, 5.41) is 3.32. The molecule has 1 heterocycles. The zero-order chi connectivity index (χ0) is 18.9. The van der Waals surface area contributed by atoms with Crippen molar-refractivity contribution in [3.8, 4) is 11.5 Å². The summed E-state index contributed by atoms with van der Waals surface area (Å²) >= 11 is 0. The molecule has 0 saturated carbocycles. The third kappa shape index (κ3) is 6.09. The van der Waals surface area contributed by atoms with Crippen LogP contribution in [-0.4, -0.2) is 50.8 Å². The van der Waals surface area contributed by atoms with Crippen LogP contribution in [0.3, 0.4) is 0 Å². The molecule has 0 aliphatic carbocycles. The second-order valence-corrected chi connectivity index (χ2v) is 7.30. The van der Waals surface area contributed by atoms with E-state index in [-0.39, 0.29) is 0 Å². The fourth-order valence-electron chi connectivity index (χ4n) is 3.45. The van der Waals surface area contributed by atoms with E-state index in [2.05, 4.69) is 29.1 Å². The lowest BCUT2D eigenvalue weighted by Crippen LogP contribution is -2.45. The van der Waals surface area contributed by atoms with Crippen LogP contribution in [0, 0.1) is 5.92 Å². The van der Waals surface area contributed by atoms with Gasteiger partial charge in [0, 0.05) is 12.6 Å². The Morgan fingerprint density at radius 3 is 2.50 bits per heavy atom. The molecule has 3 N–H and O–H groups in total. The summed E-state index contributed by atoms with van der Waals surface area (Å²) in [7, 11) is 3.26. The van der Waals surface area contributed by atoms with Crippen molar-refractivity contribution >= 4 is 5.96 Å². The number of methoxy groups -OCH3 is 2. The molecular formula is C20H34N4O2. The van der Waals surface area contributed by atoms with Gasteiger partial charge in [-0.25, -0.2) is 4.99 Å². The third-order valence-corrected chi connectivity index (χ3v) is 4.80. The molecule has 1 aliphatic rings. The Bertz CT molecular complexity index is 583. The molecule has 2 rings (SSSR count). The highest BCUT2D eigenvalue weighted by Crippen LogP contribution is 2.27. The first kappa shape index (κ1) is 20.4. The molecule has 1 aliphatic heterocycles. The lowest BCUT2D eigenvalue weighted by molar-refractivity contribution is 0.213. The van der Waals surface area contributed by atoms with E-state index in [1.54, 1.807) is 14.2 Å². The van der Waals surface area contributed by atoms with Gasteiger partial charge in [0.25, 0.3) is 0 Å². The zero-order valence-corrected chi connectivity index (χ0v) is 16.6. The molecule has 0 bridgehead atoms. The molecule has 26 heavy (non-hydrogen) atoms. The standard InChI is InChI=1S/C20H34N4O2/c1-15(2)11-17(24-9-5-6-10-24)14-23-20(21)22-13-16-7-8-18(25-3)19(12-16)26-4/h7-8,12,15,17H,5-6,9-11,13-14H2,1-4H3,(H3,21,22,23). The molecule has 1 atom stereocenters. The molecule has 0 radical (unpaired) electrons. The summed E-state index contributed by atoms with van der Waals surface area (Å²) in [4.78, 5) is 7.05. The van der Waals surface area contributed by atoms with Gasteiger partial charge >= 0.3 is 0 Å². The van der Waals surface area contributed by atoms with Crippen molar-refractivity contribution in [2.75, 3.05) is 33.9 Å². The van der Waals surface area contributed by atoms with Gasteiger partial charge in [0.15, 0.2) is 17.5 Å². The van der Waals surface area contributed by atoms with Gasteiger partial charge < -0.3 is 20.5 Å².